The summed E-state index contributed by atoms with van der Waals surface area (Å²) < 4.78 is 0. The Balaban J connectivity index is 2.73. The molecule has 0 aromatic carbocycles. The molecule has 1 rings (SSSR count). The minimum absolute atomic E-state index is 0.458. The van der Waals surface area contributed by atoms with E-state index in [2.05, 4.69) is 11.4 Å². The molecule has 0 atom stereocenters. The van der Waals surface area contributed by atoms with Crippen molar-refractivity contribution in [3.63, 3.8) is 0 Å². The molecular formula is C7H6NO. The summed E-state index contributed by atoms with van der Waals surface area (Å²) in [5.41, 5.74) is 0.458. The van der Waals surface area contributed by atoms with Crippen LogP contribution >= 0.6 is 0 Å². The predicted octanol–water partition coefficient (Wildman–Crippen LogP) is 0.545. The van der Waals surface area contributed by atoms with Gasteiger partial charge in [0.25, 0.3) is 0 Å². The number of hydrogen-bond donors (Lipinski definition) is 1. The molecule has 0 aromatic rings. The first kappa shape index (κ1) is 5.82. The first-order valence-electron chi connectivity index (χ1n) is 2.60. The first-order chi connectivity index (χ1) is 4.43. The second-order valence-electron chi connectivity index (χ2n) is 1.54. The van der Waals surface area contributed by atoms with Gasteiger partial charge in [0.2, 0.25) is 0 Å². The van der Waals surface area contributed by atoms with Gasteiger partial charge in [-0.15, -0.1) is 0 Å². The Bertz CT molecular complexity index is 189. The fourth-order valence-electron chi connectivity index (χ4n) is 0.497. The smallest absolute Gasteiger partial charge is 0.166 e. The highest BCUT2D eigenvalue weighted by Gasteiger charge is 1.88. The Hall–Kier alpha value is -1.31. The Kier molecular flexibility index (Phi) is 1.85. The van der Waals surface area contributed by atoms with Gasteiger partial charge in [-0.1, -0.05) is 12.2 Å². The number of carbonyl (C=O) groups excluding carboxylic acids is 1. The lowest BCUT2D eigenvalue weighted by molar-refractivity contribution is -0.105. The summed E-state index contributed by atoms with van der Waals surface area (Å²) in [5.74, 6) is 0. The molecule has 0 saturated heterocycles. The normalized spacial score (nSPS) is 15.8. The van der Waals surface area contributed by atoms with E-state index < -0.39 is 0 Å². The molecule has 0 amide bonds. The van der Waals surface area contributed by atoms with Gasteiger partial charge in [0.05, 0.1) is 5.70 Å². The van der Waals surface area contributed by atoms with Crippen molar-refractivity contribution in [2.75, 3.05) is 0 Å². The Morgan fingerprint density at radius 3 is 3.22 bits per heavy atom. The van der Waals surface area contributed by atoms with E-state index in [9.17, 15) is 4.79 Å². The quantitative estimate of drug-likeness (QED) is 0.512. The highest BCUT2D eigenvalue weighted by molar-refractivity contribution is 5.72. The molecule has 9 heavy (non-hydrogen) atoms. The van der Waals surface area contributed by atoms with E-state index in [1.54, 1.807) is 24.4 Å². The first-order valence-corrected chi connectivity index (χ1v) is 2.60. The third-order valence-corrected chi connectivity index (χ3v) is 0.899. The molecule has 2 nitrogen and oxygen atoms in total. The van der Waals surface area contributed by atoms with Gasteiger partial charge in [0.1, 0.15) is 0 Å². The number of rotatable bonds is 1. The molecule has 1 radical (unpaired) electrons. The fraction of sp³-hybridized carbons (Fsp3) is 0. The summed E-state index contributed by atoms with van der Waals surface area (Å²) in [6.45, 7) is 0. The van der Waals surface area contributed by atoms with Crippen molar-refractivity contribution < 1.29 is 4.79 Å². The van der Waals surface area contributed by atoms with E-state index >= 15 is 0 Å². The zero-order valence-electron chi connectivity index (χ0n) is 4.79. The van der Waals surface area contributed by atoms with E-state index in [1.807, 2.05) is 0 Å². The minimum atomic E-state index is 0.458. The lowest BCUT2D eigenvalue weighted by atomic mass is 10.4. The van der Waals surface area contributed by atoms with E-state index in [0.29, 0.717) is 5.70 Å². The van der Waals surface area contributed by atoms with Crippen LogP contribution in [-0.4, -0.2) is 6.29 Å². The predicted molar refractivity (Wildman–Crippen MR) is 34.2 cm³/mol. The van der Waals surface area contributed by atoms with Crippen LogP contribution in [0.15, 0.2) is 30.1 Å². The van der Waals surface area contributed by atoms with Crippen LogP contribution in [0.3, 0.4) is 0 Å². The second-order valence-corrected chi connectivity index (χ2v) is 1.54. The number of allylic oxidation sites excluding steroid dienone is 5. The van der Waals surface area contributed by atoms with Crippen LogP contribution < -0.4 is 5.32 Å². The molecule has 0 fully saturated rings. The van der Waals surface area contributed by atoms with Crippen LogP contribution in [0.5, 0.6) is 0 Å². The maximum atomic E-state index is 10.1. The lowest BCUT2D eigenvalue weighted by Gasteiger charge is -1.91. The molecule has 1 aliphatic heterocycles. The highest BCUT2D eigenvalue weighted by Crippen LogP contribution is 1.89. The van der Waals surface area contributed by atoms with Gasteiger partial charge in [-0.2, -0.15) is 0 Å². The standard InChI is InChI=1S/C7H6NO/c9-6-7-4-2-1-3-5-8-7/h1-3,5-6,8H. The van der Waals surface area contributed by atoms with Crippen molar-refractivity contribution in [1.29, 1.82) is 0 Å². The third-order valence-electron chi connectivity index (χ3n) is 0.899. The van der Waals surface area contributed by atoms with Crippen molar-refractivity contribution >= 4 is 6.29 Å². The van der Waals surface area contributed by atoms with E-state index in [4.69, 9.17) is 0 Å². The minimum Gasteiger partial charge on any atom is -0.359 e. The molecule has 45 valence electrons. The Labute approximate surface area is 53.6 Å². The van der Waals surface area contributed by atoms with E-state index in [1.165, 1.54) is 0 Å². The van der Waals surface area contributed by atoms with Crippen molar-refractivity contribution in [2.24, 2.45) is 0 Å². The van der Waals surface area contributed by atoms with Crippen LogP contribution in [0.4, 0.5) is 0 Å². The third kappa shape index (κ3) is 1.57. The summed E-state index contributed by atoms with van der Waals surface area (Å²) in [4.78, 5) is 10.1. The second kappa shape index (κ2) is 2.87. The van der Waals surface area contributed by atoms with Gasteiger partial charge in [0.15, 0.2) is 6.29 Å². The van der Waals surface area contributed by atoms with Crippen LogP contribution in [-0.2, 0) is 4.79 Å². The molecule has 1 N–H and O–H groups in total. The van der Waals surface area contributed by atoms with Crippen LogP contribution in [0, 0.1) is 6.08 Å². The Morgan fingerprint density at radius 2 is 2.44 bits per heavy atom. The molecule has 1 aliphatic rings. The van der Waals surface area contributed by atoms with Crippen molar-refractivity contribution in [3.05, 3.63) is 36.2 Å². The topological polar surface area (TPSA) is 29.1 Å². The lowest BCUT2D eigenvalue weighted by Crippen LogP contribution is -2.04. The monoisotopic (exact) mass is 120 g/mol. The number of carbonyl (C=O) groups is 1. The summed E-state index contributed by atoms with van der Waals surface area (Å²) >= 11 is 0. The number of nitrogens with one attached hydrogen (secondary N) is 1. The van der Waals surface area contributed by atoms with Gasteiger partial charge < -0.3 is 5.32 Å². The highest BCUT2D eigenvalue weighted by atomic mass is 16.1. The van der Waals surface area contributed by atoms with Crippen LogP contribution in [0.25, 0.3) is 0 Å². The fourth-order valence-corrected chi connectivity index (χ4v) is 0.497. The average molecular weight is 120 g/mol. The van der Waals surface area contributed by atoms with Gasteiger partial charge in [-0.05, 0) is 6.08 Å². The van der Waals surface area contributed by atoms with E-state index in [-0.39, 0.29) is 0 Å². The van der Waals surface area contributed by atoms with Gasteiger partial charge in [-0.25, -0.2) is 0 Å². The van der Waals surface area contributed by atoms with Crippen LogP contribution in [0.2, 0.25) is 0 Å². The zero-order valence-corrected chi connectivity index (χ0v) is 4.79. The summed E-state index contributed by atoms with van der Waals surface area (Å²) in [6, 6.07) is 0. The molecule has 0 spiro atoms. The zero-order chi connectivity index (χ0) is 6.53. The largest absolute Gasteiger partial charge is 0.359 e. The molecule has 2 heteroatoms. The molecule has 0 aromatic heterocycles. The molecule has 1 heterocycles. The van der Waals surface area contributed by atoms with E-state index in [0.717, 1.165) is 6.29 Å². The van der Waals surface area contributed by atoms with Gasteiger partial charge in [-0.3, -0.25) is 4.79 Å². The SMILES string of the molecule is O=CC1=[C]C=CC=CN1. The maximum absolute atomic E-state index is 10.1. The molecule has 0 aliphatic carbocycles. The summed E-state index contributed by atoms with van der Waals surface area (Å²) in [6.07, 6.45) is 10.4. The van der Waals surface area contributed by atoms with Gasteiger partial charge >= 0.3 is 0 Å². The van der Waals surface area contributed by atoms with Crippen molar-refractivity contribution in [1.82, 2.24) is 5.32 Å². The van der Waals surface area contributed by atoms with Crippen LogP contribution in [0.1, 0.15) is 0 Å². The summed E-state index contributed by atoms with van der Waals surface area (Å²) in [7, 11) is 0. The summed E-state index contributed by atoms with van der Waals surface area (Å²) in [5, 5.41) is 2.73. The molecule has 0 bridgehead atoms. The molecular weight excluding hydrogens is 114 g/mol. The maximum Gasteiger partial charge on any atom is 0.166 e. The van der Waals surface area contributed by atoms with Crippen molar-refractivity contribution in [3.8, 4) is 0 Å². The average Bonchev–Trinajstić information content (AvgIpc) is 2.13. The number of hydrogen-bond acceptors (Lipinski definition) is 2. The number of aldehydes is 1. The molecule has 0 saturated carbocycles. The van der Waals surface area contributed by atoms with Gasteiger partial charge in [0, 0.05) is 12.3 Å². The Morgan fingerprint density at radius 1 is 1.56 bits per heavy atom. The van der Waals surface area contributed by atoms with Crippen molar-refractivity contribution in [2.45, 2.75) is 0 Å². The molecule has 0 unspecified atom stereocenters.